The van der Waals surface area contributed by atoms with Gasteiger partial charge in [0.25, 0.3) is 15.9 Å². The van der Waals surface area contributed by atoms with Crippen molar-refractivity contribution in [3.05, 3.63) is 70.3 Å². The number of hydrogen-bond donors (Lipinski definition) is 2. The van der Waals surface area contributed by atoms with E-state index in [4.69, 9.17) is 16.3 Å². The van der Waals surface area contributed by atoms with Crippen LogP contribution in [0, 0.1) is 6.92 Å². The predicted molar refractivity (Wildman–Crippen MR) is 130 cm³/mol. The maximum absolute atomic E-state index is 13.2. The third-order valence-corrected chi connectivity index (χ3v) is 7.15. The van der Waals surface area contributed by atoms with E-state index in [0.29, 0.717) is 11.1 Å². The van der Waals surface area contributed by atoms with E-state index in [1.165, 1.54) is 36.4 Å². The molecule has 10 nitrogen and oxygen atoms in total. The molecule has 0 aliphatic carbocycles. The normalized spacial score (nSPS) is 11.8. The Bertz CT molecular complexity index is 1540. The van der Waals surface area contributed by atoms with Crippen molar-refractivity contribution in [2.75, 3.05) is 16.6 Å². The Kier molecular flexibility index (Phi) is 7.38. The maximum Gasteiger partial charge on any atom is 0.435 e. The Balaban J connectivity index is 1.43. The van der Waals surface area contributed by atoms with Gasteiger partial charge in [-0.1, -0.05) is 35.1 Å². The molecule has 4 rings (SSSR count). The summed E-state index contributed by atoms with van der Waals surface area (Å²) in [5, 5.41) is 14.3. The topological polar surface area (TPSA) is 128 Å². The first-order valence-electron chi connectivity index (χ1n) is 10.2. The van der Waals surface area contributed by atoms with Gasteiger partial charge in [0.2, 0.25) is 11.0 Å². The monoisotopic (exact) mass is 572 g/mol. The number of ether oxygens (including phenoxy) is 1. The molecule has 0 aliphatic rings. The van der Waals surface area contributed by atoms with Gasteiger partial charge in [0.1, 0.15) is 5.01 Å². The Morgan fingerprint density at radius 3 is 2.46 bits per heavy atom. The third kappa shape index (κ3) is 6.36. The lowest BCUT2D eigenvalue weighted by Gasteiger charge is -2.11. The lowest BCUT2D eigenvalue weighted by atomic mass is 10.3. The number of hydrogen-bond acceptors (Lipinski definition) is 8. The van der Waals surface area contributed by atoms with E-state index in [-0.39, 0.29) is 32.3 Å². The molecule has 0 aliphatic heterocycles. The minimum atomic E-state index is -4.75. The minimum Gasteiger partial charge on any atom is -0.467 e. The zero-order chi connectivity index (χ0) is 26.8. The Hall–Kier alpha value is -3.69. The maximum atomic E-state index is 13.2. The molecule has 0 bridgehead atoms. The van der Waals surface area contributed by atoms with Crippen LogP contribution in [0.3, 0.4) is 0 Å². The van der Waals surface area contributed by atoms with E-state index >= 15 is 0 Å². The van der Waals surface area contributed by atoms with Crippen LogP contribution in [0.15, 0.2) is 59.5 Å². The Morgan fingerprint density at radius 1 is 1.14 bits per heavy atom. The number of para-hydroxylation sites is 1. The molecular weight excluding hydrogens is 557 g/mol. The van der Waals surface area contributed by atoms with Crippen LogP contribution in [0.25, 0.3) is 5.69 Å². The first kappa shape index (κ1) is 26.4. The van der Waals surface area contributed by atoms with Gasteiger partial charge in [-0.3, -0.25) is 9.52 Å². The van der Waals surface area contributed by atoms with Gasteiger partial charge in [-0.15, -0.1) is 10.2 Å². The SMILES string of the molecule is Cc1nnc(NS(=O)(=O)c2ccc(NC(=O)COc3cc(C(F)(F)F)nn3-c3ccccc3Cl)cc2)s1. The number of carbonyl (C=O) groups is 1. The molecule has 0 unspecified atom stereocenters. The van der Waals surface area contributed by atoms with Gasteiger partial charge in [0, 0.05) is 11.8 Å². The number of aromatic nitrogens is 4. The summed E-state index contributed by atoms with van der Waals surface area (Å²) in [6.07, 6.45) is -4.75. The molecule has 1 amide bonds. The van der Waals surface area contributed by atoms with Crippen LogP contribution in [0.5, 0.6) is 5.88 Å². The quantitative estimate of drug-likeness (QED) is 0.318. The van der Waals surface area contributed by atoms with Crippen LogP contribution in [-0.4, -0.2) is 40.9 Å². The highest BCUT2D eigenvalue weighted by Crippen LogP contribution is 2.33. The molecule has 194 valence electrons. The fraction of sp³-hybridized carbons (Fsp3) is 0.143. The molecule has 16 heteroatoms. The number of anilines is 2. The van der Waals surface area contributed by atoms with Crippen molar-refractivity contribution in [2.24, 2.45) is 0 Å². The number of benzene rings is 2. The molecule has 0 saturated heterocycles. The molecule has 0 radical (unpaired) electrons. The van der Waals surface area contributed by atoms with Crippen LogP contribution in [0.4, 0.5) is 24.0 Å². The van der Waals surface area contributed by atoms with Gasteiger partial charge >= 0.3 is 6.18 Å². The van der Waals surface area contributed by atoms with E-state index in [9.17, 15) is 26.4 Å². The fourth-order valence-electron chi connectivity index (χ4n) is 2.97. The van der Waals surface area contributed by atoms with Crippen LogP contribution in [0.1, 0.15) is 10.7 Å². The molecule has 37 heavy (non-hydrogen) atoms. The highest BCUT2D eigenvalue weighted by Gasteiger charge is 2.36. The van der Waals surface area contributed by atoms with E-state index in [0.717, 1.165) is 16.0 Å². The number of amides is 1. The van der Waals surface area contributed by atoms with Gasteiger partial charge < -0.3 is 10.1 Å². The van der Waals surface area contributed by atoms with Gasteiger partial charge in [0.15, 0.2) is 12.3 Å². The van der Waals surface area contributed by atoms with Crippen molar-refractivity contribution < 1.29 is 31.1 Å². The highest BCUT2D eigenvalue weighted by atomic mass is 35.5. The number of rotatable bonds is 8. The summed E-state index contributed by atoms with van der Waals surface area (Å²) in [5.74, 6) is -1.06. The fourth-order valence-corrected chi connectivity index (χ4v) is 5.00. The molecule has 0 spiro atoms. The number of sulfonamides is 1. The number of nitrogens with one attached hydrogen (secondary N) is 2. The highest BCUT2D eigenvalue weighted by molar-refractivity contribution is 7.93. The summed E-state index contributed by atoms with van der Waals surface area (Å²) in [7, 11) is -3.93. The standard InChI is InChI=1S/C21H16ClF3N6O4S2/c1-12-27-28-20(36-12)30-37(33,34)14-8-6-13(7-9-14)26-18(32)11-35-19-10-17(21(23,24)25)29-31(19)16-5-3-2-4-15(16)22/h2-10H,11H2,1H3,(H,26,32)(H,28,30). The largest absolute Gasteiger partial charge is 0.467 e. The van der Waals surface area contributed by atoms with Crippen molar-refractivity contribution in [3.8, 4) is 11.6 Å². The van der Waals surface area contributed by atoms with Crippen LogP contribution >= 0.6 is 22.9 Å². The molecule has 2 aromatic carbocycles. The summed E-state index contributed by atoms with van der Waals surface area (Å²) in [4.78, 5) is 12.3. The van der Waals surface area contributed by atoms with Crippen LogP contribution in [0.2, 0.25) is 5.02 Å². The molecule has 2 heterocycles. The van der Waals surface area contributed by atoms with Gasteiger partial charge in [0.05, 0.1) is 15.6 Å². The Morgan fingerprint density at radius 2 is 1.84 bits per heavy atom. The van der Waals surface area contributed by atoms with E-state index in [1.54, 1.807) is 19.1 Å². The zero-order valence-electron chi connectivity index (χ0n) is 18.7. The summed E-state index contributed by atoms with van der Waals surface area (Å²) in [5.41, 5.74) is -0.865. The van der Waals surface area contributed by atoms with Gasteiger partial charge in [-0.2, -0.15) is 23.0 Å². The first-order valence-corrected chi connectivity index (χ1v) is 12.9. The first-order chi connectivity index (χ1) is 17.4. The molecule has 4 aromatic rings. The van der Waals surface area contributed by atoms with Crippen molar-refractivity contribution in [1.82, 2.24) is 20.0 Å². The van der Waals surface area contributed by atoms with Crippen LogP contribution in [-0.2, 0) is 21.0 Å². The number of nitrogens with zero attached hydrogens (tertiary/aromatic N) is 4. The molecule has 0 atom stereocenters. The average molecular weight is 573 g/mol. The second-order valence-corrected chi connectivity index (χ2v) is 10.6. The van der Waals surface area contributed by atoms with E-state index in [1.807, 2.05) is 0 Å². The van der Waals surface area contributed by atoms with Gasteiger partial charge in [-0.25, -0.2) is 8.42 Å². The second kappa shape index (κ2) is 10.4. The van der Waals surface area contributed by atoms with E-state index in [2.05, 4.69) is 25.3 Å². The smallest absolute Gasteiger partial charge is 0.435 e. The lowest BCUT2D eigenvalue weighted by molar-refractivity contribution is -0.141. The van der Waals surface area contributed by atoms with Crippen molar-refractivity contribution in [3.63, 3.8) is 0 Å². The third-order valence-electron chi connectivity index (χ3n) is 4.59. The van der Waals surface area contributed by atoms with Crippen molar-refractivity contribution in [1.29, 1.82) is 0 Å². The van der Waals surface area contributed by atoms with Crippen molar-refractivity contribution >= 4 is 49.7 Å². The number of aryl methyl sites for hydroxylation is 1. The number of carbonyl (C=O) groups excluding carboxylic acids is 1. The number of alkyl halides is 3. The summed E-state index contributed by atoms with van der Waals surface area (Å²) < 4.78 is 73.1. The number of halogens is 4. The summed E-state index contributed by atoms with van der Waals surface area (Å²) in [6.45, 7) is 1.02. The second-order valence-electron chi connectivity index (χ2n) is 7.32. The van der Waals surface area contributed by atoms with Crippen molar-refractivity contribution in [2.45, 2.75) is 18.0 Å². The van der Waals surface area contributed by atoms with Gasteiger partial charge in [-0.05, 0) is 43.3 Å². The molecule has 0 saturated carbocycles. The zero-order valence-corrected chi connectivity index (χ0v) is 21.0. The molecular formula is C21H16ClF3N6O4S2. The molecule has 2 aromatic heterocycles. The Labute approximate surface area is 217 Å². The molecule has 0 fully saturated rings. The average Bonchev–Trinajstić information content (AvgIpc) is 3.44. The lowest BCUT2D eigenvalue weighted by Crippen LogP contribution is -2.21. The van der Waals surface area contributed by atoms with E-state index < -0.39 is 34.4 Å². The minimum absolute atomic E-state index is 0.0853. The summed E-state index contributed by atoms with van der Waals surface area (Å²) in [6, 6.07) is 11.9. The molecule has 2 N–H and O–H groups in total. The predicted octanol–water partition coefficient (Wildman–Crippen LogP) is 4.52. The summed E-state index contributed by atoms with van der Waals surface area (Å²) >= 11 is 7.15. The van der Waals surface area contributed by atoms with Crippen LogP contribution < -0.4 is 14.8 Å².